The smallest absolute Gasteiger partial charge is 0.419 e. The molecule has 2 aromatic rings. The van der Waals surface area contributed by atoms with Crippen LogP contribution in [0.4, 0.5) is 13.2 Å². The lowest BCUT2D eigenvalue weighted by Crippen LogP contribution is -2.09. The Hall–Kier alpha value is -1.57. The number of carbonyl (C=O) groups excluding carboxylic acids is 1. The molecular formula is C15H10F3IO2. The maximum atomic E-state index is 12.9. The van der Waals surface area contributed by atoms with Crippen LogP contribution in [0.5, 0.6) is 5.75 Å². The zero-order valence-corrected chi connectivity index (χ0v) is 12.8. The number of rotatable bonds is 4. The van der Waals surface area contributed by atoms with Gasteiger partial charge in [0.1, 0.15) is 18.6 Å². The van der Waals surface area contributed by atoms with Gasteiger partial charge in [-0.2, -0.15) is 13.2 Å². The van der Waals surface area contributed by atoms with E-state index < -0.39 is 11.7 Å². The summed E-state index contributed by atoms with van der Waals surface area (Å²) in [7, 11) is 0. The van der Waals surface area contributed by atoms with Crippen molar-refractivity contribution in [2.75, 3.05) is 0 Å². The summed E-state index contributed by atoms with van der Waals surface area (Å²) in [6, 6.07) is 10.5. The fourth-order valence-corrected chi connectivity index (χ4v) is 2.07. The molecule has 21 heavy (non-hydrogen) atoms. The Bertz CT molecular complexity index is 636. The van der Waals surface area contributed by atoms with Gasteiger partial charge in [0.15, 0.2) is 0 Å². The van der Waals surface area contributed by atoms with Gasteiger partial charge < -0.3 is 4.74 Å². The molecule has 0 fully saturated rings. The van der Waals surface area contributed by atoms with Gasteiger partial charge in [-0.1, -0.05) is 12.1 Å². The Balaban J connectivity index is 2.23. The maximum Gasteiger partial charge on any atom is 0.419 e. The van der Waals surface area contributed by atoms with E-state index in [1.54, 1.807) is 12.1 Å². The number of aldehydes is 1. The van der Waals surface area contributed by atoms with E-state index in [2.05, 4.69) is 22.6 Å². The molecule has 0 aliphatic carbocycles. The zero-order chi connectivity index (χ0) is 15.5. The van der Waals surface area contributed by atoms with E-state index in [1.807, 2.05) is 12.1 Å². The van der Waals surface area contributed by atoms with Crippen molar-refractivity contribution in [2.45, 2.75) is 12.8 Å². The first kappa shape index (κ1) is 15.8. The number of carbonyl (C=O) groups is 1. The third-order valence-corrected chi connectivity index (χ3v) is 3.47. The molecule has 0 aliphatic rings. The van der Waals surface area contributed by atoms with Crippen molar-refractivity contribution >= 4 is 28.9 Å². The molecule has 6 heteroatoms. The lowest BCUT2D eigenvalue weighted by atomic mass is 10.1. The third-order valence-electron chi connectivity index (χ3n) is 2.75. The molecular weight excluding hydrogens is 396 g/mol. The predicted octanol–water partition coefficient (Wildman–Crippen LogP) is 4.70. The van der Waals surface area contributed by atoms with Crippen LogP contribution in [0.25, 0.3) is 0 Å². The van der Waals surface area contributed by atoms with Crippen molar-refractivity contribution in [3.8, 4) is 5.75 Å². The molecule has 0 heterocycles. The van der Waals surface area contributed by atoms with Gasteiger partial charge in [-0.05, 0) is 58.5 Å². The quantitative estimate of drug-likeness (QED) is 0.544. The summed E-state index contributed by atoms with van der Waals surface area (Å²) in [6.07, 6.45) is -4.20. The summed E-state index contributed by atoms with van der Waals surface area (Å²) in [5.41, 5.74) is -0.218. The molecule has 2 nitrogen and oxygen atoms in total. The summed E-state index contributed by atoms with van der Waals surface area (Å²) in [6.45, 7) is 0.0282. The molecule has 0 saturated carbocycles. The minimum absolute atomic E-state index is 0.0282. The summed E-state index contributed by atoms with van der Waals surface area (Å²) >= 11 is 2.14. The summed E-state index contributed by atoms with van der Waals surface area (Å²) in [5.74, 6) is -0.286. The summed E-state index contributed by atoms with van der Waals surface area (Å²) in [4.78, 5) is 10.6. The van der Waals surface area contributed by atoms with Crippen molar-refractivity contribution in [3.05, 3.63) is 62.7 Å². The van der Waals surface area contributed by atoms with E-state index >= 15 is 0 Å². The predicted molar refractivity (Wildman–Crippen MR) is 80.3 cm³/mol. The number of ether oxygens (including phenoxy) is 1. The minimum Gasteiger partial charge on any atom is -0.488 e. The first-order valence-electron chi connectivity index (χ1n) is 5.94. The normalized spacial score (nSPS) is 11.2. The Kier molecular flexibility index (Phi) is 4.87. The van der Waals surface area contributed by atoms with Gasteiger partial charge in [-0.3, -0.25) is 4.79 Å². The molecule has 0 radical (unpaired) electrons. The van der Waals surface area contributed by atoms with E-state index in [0.29, 0.717) is 6.29 Å². The van der Waals surface area contributed by atoms with Gasteiger partial charge in [0.25, 0.3) is 0 Å². The molecule has 0 atom stereocenters. The SMILES string of the molecule is O=Cc1ccc(OCc2ccc(I)cc2)c(C(F)(F)F)c1. The second-order valence-corrected chi connectivity index (χ2v) is 5.53. The number of alkyl halides is 3. The second-order valence-electron chi connectivity index (χ2n) is 4.29. The Morgan fingerprint density at radius 2 is 1.76 bits per heavy atom. The highest BCUT2D eigenvalue weighted by Crippen LogP contribution is 2.37. The van der Waals surface area contributed by atoms with Crippen LogP contribution in [-0.2, 0) is 12.8 Å². The van der Waals surface area contributed by atoms with Crippen LogP contribution in [0.3, 0.4) is 0 Å². The Morgan fingerprint density at radius 3 is 2.33 bits per heavy atom. The van der Waals surface area contributed by atoms with Crippen LogP contribution in [-0.4, -0.2) is 6.29 Å². The topological polar surface area (TPSA) is 26.3 Å². The van der Waals surface area contributed by atoms with Crippen LogP contribution in [0.2, 0.25) is 0 Å². The summed E-state index contributed by atoms with van der Waals surface area (Å²) < 4.78 is 45.1. The van der Waals surface area contributed by atoms with Crippen molar-refractivity contribution in [1.82, 2.24) is 0 Å². The fourth-order valence-electron chi connectivity index (χ4n) is 1.71. The molecule has 2 aromatic carbocycles. The number of hydrogen-bond acceptors (Lipinski definition) is 2. The highest BCUT2D eigenvalue weighted by atomic mass is 127. The van der Waals surface area contributed by atoms with Gasteiger partial charge in [0.2, 0.25) is 0 Å². The molecule has 2 rings (SSSR count). The van der Waals surface area contributed by atoms with Crippen molar-refractivity contribution < 1.29 is 22.7 Å². The first-order chi connectivity index (χ1) is 9.90. The number of benzene rings is 2. The lowest BCUT2D eigenvalue weighted by molar-refractivity contribution is -0.139. The van der Waals surface area contributed by atoms with Crippen molar-refractivity contribution in [3.63, 3.8) is 0 Å². The molecule has 0 aromatic heterocycles. The number of hydrogen-bond donors (Lipinski definition) is 0. The molecule has 0 bridgehead atoms. The van der Waals surface area contributed by atoms with Crippen LogP contribution < -0.4 is 4.74 Å². The van der Waals surface area contributed by atoms with Gasteiger partial charge in [0, 0.05) is 9.13 Å². The Labute approximate surface area is 133 Å². The van der Waals surface area contributed by atoms with Gasteiger partial charge in [-0.25, -0.2) is 0 Å². The molecule has 0 saturated heterocycles. The maximum absolute atomic E-state index is 12.9. The van der Waals surface area contributed by atoms with E-state index in [0.717, 1.165) is 15.2 Å². The molecule has 0 N–H and O–H groups in total. The zero-order valence-electron chi connectivity index (χ0n) is 10.7. The lowest BCUT2D eigenvalue weighted by Gasteiger charge is -2.14. The average molecular weight is 406 g/mol. The van der Waals surface area contributed by atoms with E-state index in [-0.39, 0.29) is 17.9 Å². The van der Waals surface area contributed by atoms with E-state index in [4.69, 9.17) is 4.74 Å². The fraction of sp³-hybridized carbons (Fsp3) is 0.133. The Morgan fingerprint density at radius 1 is 1.10 bits per heavy atom. The van der Waals surface area contributed by atoms with Crippen LogP contribution in [0, 0.1) is 3.57 Å². The van der Waals surface area contributed by atoms with Crippen LogP contribution in [0.1, 0.15) is 21.5 Å². The van der Waals surface area contributed by atoms with Crippen molar-refractivity contribution in [2.24, 2.45) is 0 Å². The van der Waals surface area contributed by atoms with Gasteiger partial charge >= 0.3 is 6.18 Å². The standard InChI is InChI=1S/C15H10F3IO2/c16-15(17,18)13-7-11(8-20)3-6-14(13)21-9-10-1-4-12(19)5-2-10/h1-8H,9H2. The largest absolute Gasteiger partial charge is 0.488 e. The first-order valence-corrected chi connectivity index (χ1v) is 7.01. The highest BCUT2D eigenvalue weighted by molar-refractivity contribution is 14.1. The highest BCUT2D eigenvalue weighted by Gasteiger charge is 2.34. The second kappa shape index (κ2) is 6.46. The average Bonchev–Trinajstić information content (AvgIpc) is 2.45. The van der Waals surface area contributed by atoms with Gasteiger partial charge in [0.05, 0.1) is 5.56 Å². The van der Waals surface area contributed by atoms with Crippen LogP contribution in [0.15, 0.2) is 42.5 Å². The molecule has 0 spiro atoms. The van der Waals surface area contributed by atoms with Crippen molar-refractivity contribution in [1.29, 1.82) is 0 Å². The minimum atomic E-state index is -4.57. The summed E-state index contributed by atoms with van der Waals surface area (Å²) in [5, 5.41) is 0. The van der Waals surface area contributed by atoms with Crippen LogP contribution >= 0.6 is 22.6 Å². The molecule has 110 valence electrons. The monoisotopic (exact) mass is 406 g/mol. The molecule has 0 aliphatic heterocycles. The molecule has 0 amide bonds. The van der Waals surface area contributed by atoms with E-state index in [9.17, 15) is 18.0 Å². The third kappa shape index (κ3) is 4.20. The van der Waals surface area contributed by atoms with E-state index in [1.165, 1.54) is 12.1 Å². The number of halogens is 4. The van der Waals surface area contributed by atoms with Gasteiger partial charge in [-0.15, -0.1) is 0 Å². The molecule has 0 unspecified atom stereocenters.